The Morgan fingerprint density at radius 1 is 1.18 bits per heavy atom. The number of hydrogen-bond acceptors (Lipinski definition) is 8. The van der Waals surface area contributed by atoms with Gasteiger partial charge in [0.1, 0.15) is 18.1 Å². The average molecular weight is 580 g/mol. The molecule has 0 aliphatic carbocycles. The van der Waals surface area contributed by atoms with Crippen molar-refractivity contribution in [3.05, 3.63) is 69.9 Å². The molecule has 1 atom stereocenters. The molecule has 3 aromatic heterocycles. The van der Waals surface area contributed by atoms with Gasteiger partial charge in [-0.15, -0.1) is 10.2 Å². The minimum Gasteiger partial charge on any atom is -0.386 e. The van der Waals surface area contributed by atoms with Crippen LogP contribution in [0.15, 0.2) is 47.5 Å². The number of anilines is 1. The third-order valence-electron chi connectivity index (χ3n) is 5.79. The Morgan fingerprint density at radius 3 is 2.55 bits per heavy atom. The Labute approximate surface area is 230 Å². The Kier molecular flexibility index (Phi) is 8.54. The number of halogens is 4. The van der Waals surface area contributed by atoms with Gasteiger partial charge in [0.2, 0.25) is 5.91 Å². The summed E-state index contributed by atoms with van der Waals surface area (Å²) < 4.78 is 42.7. The van der Waals surface area contributed by atoms with Crippen LogP contribution in [0.25, 0.3) is 17.1 Å². The summed E-state index contributed by atoms with van der Waals surface area (Å²) in [5.74, 6) is 0.247. The molecular weight excluding hydrogens is 555 g/mol. The first-order chi connectivity index (χ1) is 19.0. The highest BCUT2D eigenvalue weighted by atomic mass is 35.5. The fourth-order valence-electron chi connectivity index (χ4n) is 3.86. The van der Waals surface area contributed by atoms with Gasteiger partial charge in [0.05, 0.1) is 18.4 Å². The lowest BCUT2D eigenvalue weighted by atomic mass is 10.2. The van der Waals surface area contributed by atoms with Crippen LogP contribution < -0.4 is 16.3 Å². The molecule has 1 aromatic carbocycles. The SMILES string of the molecule is CNc1ccncc1-n1nc(Cn2nc(-c3ccc(Cl)cc3)n(C[C@H](O)C(F)(F)F)c2=O)nc1CCNC(C)=O. The second-order valence-corrected chi connectivity index (χ2v) is 9.11. The van der Waals surface area contributed by atoms with Crippen LogP contribution in [-0.4, -0.2) is 71.0 Å². The summed E-state index contributed by atoms with van der Waals surface area (Å²) in [6, 6.07) is 7.73. The van der Waals surface area contributed by atoms with Gasteiger partial charge in [-0.1, -0.05) is 11.6 Å². The van der Waals surface area contributed by atoms with Gasteiger partial charge >= 0.3 is 11.9 Å². The number of carbonyl (C=O) groups excluding carboxylic acids is 1. The number of nitrogens with zero attached hydrogens (tertiary/aromatic N) is 7. The number of alkyl halides is 3. The van der Waals surface area contributed by atoms with E-state index in [1.807, 2.05) is 0 Å². The predicted octanol–water partition coefficient (Wildman–Crippen LogP) is 2.03. The molecule has 0 saturated carbocycles. The summed E-state index contributed by atoms with van der Waals surface area (Å²) in [7, 11) is 1.72. The van der Waals surface area contributed by atoms with Gasteiger partial charge < -0.3 is 15.7 Å². The molecule has 1 amide bonds. The van der Waals surface area contributed by atoms with Gasteiger partial charge in [-0.05, 0) is 30.3 Å². The van der Waals surface area contributed by atoms with Crippen LogP contribution in [0.5, 0.6) is 0 Å². The fraction of sp³-hybridized carbons (Fsp3) is 0.333. The highest BCUT2D eigenvalue weighted by Gasteiger charge is 2.39. The van der Waals surface area contributed by atoms with Crippen LogP contribution in [-0.2, 0) is 24.3 Å². The maximum absolute atomic E-state index is 13.2. The van der Waals surface area contributed by atoms with E-state index in [-0.39, 0.29) is 37.1 Å². The molecule has 0 aliphatic heterocycles. The van der Waals surface area contributed by atoms with Crippen molar-refractivity contribution in [3.63, 3.8) is 0 Å². The van der Waals surface area contributed by atoms with E-state index in [9.17, 15) is 27.9 Å². The Hall–Kier alpha value is -4.24. The molecule has 0 aliphatic rings. The zero-order chi connectivity index (χ0) is 29.0. The van der Waals surface area contributed by atoms with E-state index in [2.05, 4.69) is 30.8 Å². The predicted molar refractivity (Wildman–Crippen MR) is 139 cm³/mol. The summed E-state index contributed by atoms with van der Waals surface area (Å²) >= 11 is 5.94. The maximum Gasteiger partial charge on any atom is 0.416 e. The number of aliphatic hydroxyl groups excluding tert-OH is 1. The van der Waals surface area contributed by atoms with Crippen molar-refractivity contribution in [3.8, 4) is 17.1 Å². The molecule has 0 spiro atoms. The van der Waals surface area contributed by atoms with Crippen molar-refractivity contribution >= 4 is 23.2 Å². The number of hydrogen-bond donors (Lipinski definition) is 3. The first kappa shape index (κ1) is 28.8. The van der Waals surface area contributed by atoms with Crippen molar-refractivity contribution in [1.82, 2.24) is 39.4 Å². The largest absolute Gasteiger partial charge is 0.416 e. The number of pyridine rings is 1. The minimum absolute atomic E-state index is 0.0972. The first-order valence-electron chi connectivity index (χ1n) is 12.0. The third-order valence-corrected chi connectivity index (χ3v) is 6.04. The minimum atomic E-state index is -4.95. The van der Waals surface area contributed by atoms with Crippen molar-refractivity contribution < 1.29 is 23.1 Å². The molecule has 0 bridgehead atoms. The quantitative estimate of drug-likeness (QED) is 0.259. The highest BCUT2D eigenvalue weighted by molar-refractivity contribution is 6.30. The van der Waals surface area contributed by atoms with E-state index < -0.39 is 24.5 Å². The molecule has 0 radical (unpaired) electrons. The Morgan fingerprint density at radius 2 is 1.90 bits per heavy atom. The summed E-state index contributed by atoms with van der Waals surface area (Å²) in [5.41, 5.74) is 0.647. The van der Waals surface area contributed by atoms with Crippen LogP contribution >= 0.6 is 11.6 Å². The smallest absolute Gasteiger partial charge is 0.386 e. The van der Waals surface area contributed by atoms with E-state index in [1.54, 1.807) is 25.5 Å². The molecular formula is C24H25ClF3N9O3. The molecule has 40 heavy (non-hydrogen) atoms. The van der Waals surface area contributed by atoms with Crippen molar-refractivity contribution in [1.29, 1.82) is 0 Å². The number of benzene rings is 1. The molecule has 0 unspecified atom stereocenters. The van der Waals surface area contributed by atoms with Gasteiger partial charge in [-0.25, -0.2) is 19.1 Å². The lowest BCUT2D eigenvalue weighted by molar-refractivity contribution is -0.207. The average Bonchev–Trinajstić information content (AvgIpc) is 3.44. The Bertz CT molecular complexity index is 1550. The maximum atomic E-state index is 13.2. The van der Waals surface area contributed by atoms with Crippen molar-refractivity contribution in [2.75, 3.05) is 18.9 Å². The number of aliphatic hydroxyl groups is 1. The van der Waals surface area contributed by atoms with Crippen LogP contribution in [0.3, 0.4) is 0 Å². The van der Waals surface area contributed by atoms with Crippen LogP contribution in [0.4, 0.5) is 18.9 Å². The topological polar surface area (TPSA) is 145 Å². The molecule has 212 valence electrons. The van der Waals surface area contributed by atoms with Crippen LogP contribution in [0.1, 0.15) is 18.6 Å². The van der Waals surface area contributed by atoms with Crippen LogP contribution in [0, 0.1) is 0 Å². The highest BCUT2D eigenvalue weighted by Crippen LogP contribution is 2.24. The molecule has 3 N–H and O–H groups in total. The lowest BCUT2D eigenvalue weighted by Crippen LogP contribution is -2.37. The molecule has 12 nitrogen and oxygen atoms in total. The van der Waals surface area contributed by atoms with Gasteiger partial charge in [-0.3, -0.25) is 14.3 Å². The standard InChI is InChI=1S/C24H25ClF3N9O3/c1-14(38)31-10-8-21-32-20(33-37(21)18-11-30-9-7-17(18)29-2)13-36-23(40)35(12-19(39)24(26,27)28)22(34-36)15-3-5-16(25)6-4-15/h3-7,9,11,19,39H,8,10,12-13H2,1-2H3,(H,29,30)(H,31,38)/t19-/m0/s1. The van der Waals surface area contributed by atoms with E-state index in [0.717, 1.165) is 9.25 Å². The summed E-state index contributed by atoms with van der Waals surface area (Å²) in [6.45, 7) is 0.287. The molecule has 16 heteroatoms. The van der Waals surface area contributed by atoms with E-state index >= 15 is 0 Å². The van der Waals surface area contributed by atoms with Crippen LogP contribution in [0.2, 0.25) is 5.02 Å². The molecule has 4 rings (SSSR count). The third kappa shape index (κ3) is 6.48. The zero-order valence-corrected chi connectivity index (χ0v) is 22.1. The lowest BCUT2D eigenvalue weighted by Gasteiger charge is -2.15. The van der Waals surface area contributed by atoms with E-state index in [0.29, 0.717) is 27.8 Å². The molecule has 0 fully saturated rings. The normalized spacial score (nSPS) is 12.4. The van der Waals surface area contributed by atoms with E-state index in [4.69, 9.17) is 11.6 Å². The first-order valence-corrected chi connectivity index (χ1v) is 12.4. The molecule has 3 heterocycles. The second kappa shape index (κ2) is 11.9. The summed E-state index contributed by atoms with van der Waals surface area (Å²) in [6.07, 6.45) is -4.32. The van der Waals surface area contributed by atoms with Gasteiger partial charge in [0.15, 0.2) is 17.8 Å². The molecule has 0 saturated heterocycles. The molecule has 4 aromatic rings. The number of amides is 1. The van der Waals surface area contributed by atoms with Gasteiger partial charge in [-0.2, -0.15) is 13.2 Å². The fourth-order valence-corrected chi connectivity index (χ4v) is 3.99. The second-order valence-electron chi connectivity index (χ2n) is 8.67. The summed E-state index contributed by atoms with van der Waals surface area (Å²) in [5, 5.41) is 24.5. The zero-order valence-electron chi connectivity index (χ0n) is 21.4. The van der Waals surface area contributed by atoms with Gasteiger partial charge in [0, 0.05) is 43.7 Å². The van der Waals surface area contributed by atoms with Crippen molar-refractivity contribution in [2.24, 2.45) is 0 Å². The number of nitrogens with one attached hydrogen (secondary N) is 2. The number of aromatic nitrogens is 7. The number of rotatable bonds is 10. The monoisotopic (exact) mass is 579 g/mol. The number of carbonyl (C=O) groups is 1. The Balaban J connectivity index is 1.75. The van der Waals surface area contributed by atoms with Crippen molar-refractivity contribution in [2.45, 2.75) is 38.7 Å². The summed E-state index contributed by atoms with van der Waals surface area (Å²) in [4.78, 5) is 33.2. The van der Waals surface area contributed by atoms with Gasteiger partial charge in [0.25, 0.3) is 0 Å². The van der Waals surface area contributed by atoms with E-state index in [1.165, 1.54) is 35.9 Å².